The average molecular weight is 345 g/mol. The van der Waals surface area contributed by atoms with Gasteiger partial charge in [0.25, 0.3) is 0 Å². The maximum atomic E-state index is 6.04. The van der Waals surface area contributed by atoms with Gasteiger partial charge in [-0.2, -0.15) is 0 Å². The largest absolute Gasteiger partial charge is 0.295 e. The van der Waals surface area contributed by atoms with Gasteiger partial charge in [-0.15, -0.1) is 11.3 Å². The third-order valence-corrected chi connectivity index (χ3v) is 5.22. The Morgan fingerprint density at radius 3 is 2.78 bits per heavy atom. The minimum absolute atomic E-state index is 0.345. The van der Waals surface area contributed by atoms with Gasteiger partial charge >= 0.3 is 0 Å². The highest BCUT2D eigenvalue weighted by Crippen LogP contribution is 2.28. The fourth-order valence-electron chi connectivity index (χ4n) is 1.82. The Labute approximate surface area is 126 Å². The molecule has 0 N–H and O–H groups in total. The zero-order valence-corrected chi connectivity index (χ0v) is 13.5. The van der Waals surface area contributed by atoms with E-state index in [2.05, 4.69) is 52.3 Å². The van der Waals surface area contributed by atoms with E-state index in [1.54, 1.807) is 11.3 Å². The predicted octanol–water partition coefficient (Wildman–Crippen LogP) is 5.36. The molecule has 1 unspecified atom stereocenters. The lowest BCUT2D eigenvalue weighted by atomic mass is 10.1. The van der Waals surface area contributed by atoms with Gasteiger partial charge < -0.3 is 0 Å². The van der Waals surface area contributed by atoms with Crippen LogP contribution < -0.4 is 0 Å². The summed E-state index contributed by atoms with van der Waals surface area (Å²) in [5.74, 6) is 0. The van der Waals surface area contributed by atoms with E-state index in [9.17, 15) is 0 Å². The van der Waals surface area contributed by atoms with E-state index >= 15 is 0 Å². The van der Waals surface area contributed by atoms with Gasteiger partial charge in [0.05, 0.1) is 0 Å². The van der Waals surface area contributed by atoms with Crippen LogP contribution in [0.3, 0.4) is 0 Å². The maximum absolute atomic E-state index is 6.04. The minimum atomic E-state index is 0.345. The quantitative estimate of drug-likeness (QED) is 0.722. The van der Waals surface area contributed by atoms with Crippen LogP contribution >= 0.6 is 38.9 Å². The highest BCUT2D eigenvalue weighted by Gasteiger charge is 2.14. The number of hydrogen-bond donors (Lipinski definition) is 0. The first-order valence-electron chi connectivity index (χ1n) is 5.75. The first kappa shape index (κ1) is 14.1. The predicted molar refractivity (Wildman–Crippen MR) is 83.4 cm³/mol. The second kappa shape index (κ2) is 6.20. The molecule has 0 aliphatic rings. The molecule has 4 heteroatoms. The van der Waals surface area contributed by atoms with Gasteiger partial charge in [0, 0.05) is 27.0 Å². The van der Waals surface area contributed by atoms with Crippen LogP contribution in [0, 0.1) is 0 Å². The Kier molecular flexibility index (Phi) is 4.84. The van der Waals surface area contributed by atoms with E-state index in [1.807, 2.05) is 18.2 Å². The van der Waals surface area contributed by atoms with E-state index in [0.717, 1.165) is 11.6 Å². The van der Waals surface area contributed by atoms with Crippen LogP contribution in [0.4, 0.5) is 0 Å². The second-order valence-corrected chi connectivity index (χ2v) is 6.63. The molecule has 0 aliphatic carbocycles. The van der Waals surface area contributed by atoms with Crippen molar-refractivity contribution in [2.45, 2.75) is 19.5 Å². The van der Waals surface area contributed by atoms with E-state index < -0.39 is 0 Å². The van der Waals surface area contributed by atoms with Crippen molar-refractivity contribution in [1.82, 2.24) is 4.90 Å². The molecule has 1 nitrogen and oxygen atoms in total. The van der Waals surface area contributed by atoms with Crippen LogP contribution in [-0.4, -0.2) is 11.9 Å². The third-order valence-electron chi connectivity index (χ3n) is 3.08. The summed E-state index contributed by atoms with van der Waals surface area (Å²) in [5.41, 5.74) is 1.25. The van der Waals surface area contributed by atoms with Gasteiger partial charge in [-0.25, -0.2) is 0 Å². The molecule has 0 saturated carbocycles. The summed E-state index contributed by atoms with van der Waals surface area (Å²) in [6.45, 7) is 3.14. The summed E-state index contributed by atoms with van der Waals surface area (Å²) in [6, 6.07) is 10.5. The number of nitrogens with zero attached hydrogens (tertiary/aromatic N) is 1. The van der Waals surface area contributed by atoms with Crippen LogP contribution in [-0.2, 0) is 6.54 Å². The van der Waals surface area contributed by atoms with E-state index in [-0.39, 0.29) is 0 Å². The Bertz CT molecular complexity index is 526. The SMILES string of the molecule is CC(c1cccc(Cl)c1)N(C)Cc1sccc1Br. The Morgan fingerprint density at radius 2 is 2.17 bits per heavy atom. The molecule has 0 fully saturated rings. The number of hydrogen-bond acceptors (Lipinski definition) is 2. The summed E-state index contributed by atoms with van der Waals surface area (Å²) in [6.07, 6.45) is 0. The summed E-state index contributed by atoms with van der Waals surface area (Å²) < 4.78 is 1.19. The molecule has 1 aromatic carbocycles. The van der Waals surface area contributed by atoms with E-state index in [1.165, 1.54) is 14.9 Å². The zero-order chi connectivity index (χ0) is 13.1. The monoisotopic (exact) mass is 343 g/mol. The minimum Gasteiger partial charge on any atom is -0.295 e. The van der Waals surface area contributed by atoms with Crippen molar-refractivity contribution in [3.05, 3.63) is 55.6 Å². The summed E-state index contributed by atoms with van der Waals surface area (Å²) in [7, 11) is 2.14. The lowest BCUT2D eigenvalue weighted by Gasteiger charge is -2.24. The van der Waals surface area contributed by atoms with Gasteiger partial charge in [0.1, 0.15) is 0 Å². The number of thiophene rings is 1. The highest BCUT2D eigenvalue weighted by atomic mass is 79.9. The van der Waals surface area contributed by atoms with Gasteiger partial charge in [-0.1, -0.05) is 23.7 Å². The number of halogens is 2. The molecule has 1 aromatic heterocycles. The lowest BCUT2D eigenvalue weighted by Crippen LogP contribution is -2.21. The zero-order valence-electron chi connectivity index (χ0n) is 10.4. The van der Waals surface area contributed by atoms with Crippen molar-refractivity contribution in [2.75, 3.05) is 7.05 Å². The van der Waals surface area contributed by atoms with Gasteiger partial charge in [0.2, 0.25) is 0 Å². The lowest BCUT2D eigenvalue weighted by molar-refractivity contribution is 0.255. The maximum Gasteiger partial charge on any atom is 0.0409 e. The first-order valence-corrected chi connectivity index (χ1v) is 7.80. The van der Waals surface area contributed by atoms with Crippen LogP contribution in [0.25, 0.3) is 0 Å². The molecular formula is C14H15BrClNS. The van der Waals surface area contributed by atoms with Crippen LogP contribution in [0.2, 0.25) is 5.02 Å². The second-order valence-electron chi connectivity index (χ2n) is 4.34. The normalized spacial score (nSPS) is 12.9. The molecule has 0 bridgehead atoms. The van der Waals surface area contributed by atoms with Crippen molar-refractivity contribution in [3.8, 4) is 0 Å². The highest BCUT2D eigenvalue weighted by molar-refractivity contribution is 9.10. The molecule has 0 amide bonds. The Morgan fingerprint density at radius 1 is 1.39 bits per heavy atom. The molecule has 2 rings (SSSR count). The van der Waals surface area contributed by atoms with Gasteiger partial charge in [0.15, 0.2) is 0 Å². The molecule has 0 radical (unpaired) electrons. The number of benzene rings is 1. The molecule has 0 saturated heterocycles. The molecule has 1 heterocycles. The molecular weight excluding hydrogens is 330 g/mol. The van der Waals surface area contributed by atoms with Crippen molar-refractivity contribution >= 4 is 38.9 Å². The Hall–Kier alpha value is -0.350. The summed E-state index contributed by atoms with van der Waals surface area (Å²) in [5, 5.41) is 2.90. The summed E-state index contributed by atoms with van der Waals surface area (Å²) in [4.78, 5) is 3.67. The topological polar surface area (TPSA) is 3.24 Å². The van der Waals surface area contributed by atoms with Crippen LogP contribution in [0.1, 0.15) is 23.4 Å². The van der Waals surface area contributed by atoms with E-state index in [4.69, 9.17) is 11.6 Å². The Balaban J connectivity index is 2.09. The molecule has 0 spiro atoms. The number of rotatable bonds is 4. The summed E-state index contributed by atoms with van der Waals surface area (Å²) >= 11 is 11.4. The molecule has 0 aliphatic heterocycles. The average Bonchev–Trinajstić information content (AvgIpc) is 2.74. The van der Waals surface area contributed by atoms with Crippen molar-refractivity contribution in [1.29, 1.82) is 0 Å². The third kappa shape index (κ3) is 3.35. The standard InChI is InChI=1S/C14H15BrClNS/c1-10(11-4-3-5-12(16)8-11)17(2)9-14-13(15)6-7-18-14/h3-8,10H,9H2,1-2H3. The smallest absolute Gasteiger partial charge is 0.0409 e. The van der Waals surface area contributed by atoms with Crippen LogP contribution in [0.5, 0.6) is 0 Å². The van der Waals surface area contributed by atoms with Crippen molar-refractivity contribution < 1.29 is 0 Å². The molecule has 2 aromatic rings. The molecule has 1 atom stereocenters. The van der Waals surface area contributed by atoms with Gasteiger partial charge in [-0.05, 0) is 59.0 Å². The van der Waals surface area contributed by atoms with Crippen LogP contribution in [0.15, 0.2) is 40.2 Å². The fourth-order valence-corrected chi connectivity index (χ4v) is 3.56. The fraction of sp³-hybridized carbons (Fsp3) is 0.286. The molecule has 96 valence electrons. The molecule has 18 heavy (non-hydrogen) atoms. The van der Waals surface area contributed by atoms with Crippen molar-refractivity contribution in [2.24, 2.45) is 0 Å². The van der Waals surface area contributed by atoms with E-state index in [0.29, 0.717) is 6.04 Å². The van der Waals surface area contributed by atoms with Crippen molar-refractivity contribution in [3.63, 3.8) is 0 Å². The first-order chi connectivity index (χ1) is 8.58. The van der Waals surface area contributed by atoms with Gasteiger partial charge in [-0.3, -0.25) is 4.90 Å².